The van der Waals surface area contributed by atoms with Crippen LogP contribution >= 0.6 is 7.60 Å². The highest BCUT2D eigenvalue weighted by atomic mass is 31.2. The first-order valence-electron chi connectivity index (χ1n) is 3.96. The van der Waals surface area contributed by atoms with Gasteiger partial charge in [-0.15, -0.1) is 0 Å². The second-order valence-electron chi connectivity index (χ2n) is 3.45. The van der Waals surface area contributed by atoms with E-state index < -0.39 is 37.9 Å². The van der Waals surface area contributed by atoms with E-state index >= 15 is 0 Å². The fourth-order valence-electron chi connectivity index (χ4n) is 0.823. The Hall–Kier alpha value is -0.0500. The molecule has 9 heteroatoms. The summed E-state index contributed by atoms with van der Waals surface area (Å²) in [6, 6.07) is 0. The minimum Gasteiger partial charge on any atom is -0.393 e. The van der Waals surface area contributed by atoms with Crippen LogP contribution in [0.4, 0.5) is 0 Å². The maximum atomic E-state index is 10.5. The molecule has 0 aromatic carbocycles. The van der Waals surface area contributed by atoms with E-state index in [2.05, 4.69) is 0 Å². The van der Waals surface area contributed by atoms with Crippen molar-refractivity contribution >= 4 is 7.60 Å². The van der Waals surface area contributed by atoms with Gasteiger partial charge >= 0.3 is 7.60 Å². The van der Waals surface area contributed by atoms with Gasteiger partial charge in [-0.3, -0.25) is 4.57 Å². The van der Waals surface area contributed by atoms with Gasteiger partial charge in [0.1, 0.15) is 17.8 Å². The maximum Gasteiger partial charge on any atom is 0.356 e. The molecule has 0 saturated heterocycles. The lowest BCUT2D eigenvalue weighted by molar-refractivity contribution is -0.151. The monoisotopic (exact) mass is 246 g/mol. The van der Waals surface area contributed by atoms with Crippen LogP contribution in [0.3, 0.4) is 0 Å². The van der Waals surface area contributed by atoms with Crippen LogP contribution in [0, 0.1) is 0 Å². The molecule has 0 aromatic rings. The lowest BCUT2D eigenvalue weighted by Gasteiger charge is -2.32. The van der Waals surface area contributed by atoms with Crippen LogP contribution in [0.1, 0.15) is 6.92 Å². The van der Waals surface area contributed by atoms with Crippen molar-refractivity contribution < 1.29 is 39.9 Å². The van der Waals surface area contributed by atoms with E-state index in [1.807, 2.05) is 0 Å². The van der Waals surface area contributed by atoms with Crippen molar-refractivity contribution in [1.29, 1.82) is 0 Å². The molecule has 0 rings (SSSR count). The van der Waals surface area contributed by atoms with Crippen LogP contribution in [-0.4, -0.2) is 65.6 Å². The Bertz CT molecular complexity index is 248. The smallest absolute Gasteiger partial charge is 0.356 e. The molecule has 0 radical (unpaired) electrons. The lowest BCUT2D eigenvalue weighted by Crippen LogP contribution is -2.53. The van der Waals surface area contributed by atoms with Gasteiger partial charge in [0.15, 0.2) is 5.85 Å². The van der Waals surface area contributed by atoms with Crippen LogP contribution in [0.5, 0.6) is 0 Å². The van der Waals surface area contributed by atoms with Crippen molar-refractivity contribution in [2.45, 2.75) is 30.6 Å². The van der Waals surface area contributed by atoms with Crippen molar-refractivity contribution in [3.63, 3.8) is 0 Å². The van der Waals surface area contributed by atoms with Gasteiger partial charge in [-0.2, -0.15) is 0 Å². The summed E-state index contributed by atoms with van der Waals surface area (Å²) in [5.74, 6) is -2.52. The minimum atomic E-state index is -4.99. The third kappa shape index (κ3) is 3.78. The quantitative estimate of drug-likeness (QED) is 0.252. The predicted octanol–water partition coefficient (Wildman–Crippen LogP) is -3.05. The second-order valence-corrected chi connectivity index (χ2v) is 5.16. The third-order valence-corrected chi connectivity index (χ3v) is 2.93. The molecule has 4 unspecified atom stereocenters. The molecule has 92 valence electrons. The third-order valence-electron chi connectivity index (χ3n) is 1.93. The largest absolute Gasteiger partial charge is 0.393 e. The molecule has 0 saturated carbocycles. The molecule has 0 fully saturated rings. The number of hydrogen-bond acceptors (Lipinski definition) is 6. The van der Waals surface area contributed by atoms with E-state index in [1.54, 1.807) is 0 Å². The fourth-order valence-corrected chi connectivity index (χ4v) is 1.38. The summed E-state index contributed by atoms with van der Waals surface area (Å²) in [5, 5.41) is 45.1. The van der Waals surface area contributed by atoms with Crippen molar-refractivity contribution in [1.82, 2.24) is 0 Å². The Labute approximate surface area is 85.6 Å². The van der Waals surface area contributed by atoms with Crippen LogP contribution < -0.4 is 0 Å². The maximum absolute atomic E-state index is 10.5. The molecule has 0 bridgehead atoms. The topological polar surface area (TPSA) is 159 Å². The van der Waals surface area contributed by atoms with E-state index in [-0.39, 0.29) is 0 Å². The van der Waals surface area contributed by atoms with Gasteiger partial charge < -0.3 is 35.3 Å². The van der Waals surface area contributed by atoms with Crippen molar-refractivity contribution in [3.05, 3.63) is 0 Å². The summed E-state index contributed by atoms with van der Waals surface area (Å²) in [6.45, 7) is -0.00755. The van der Waals surface area contributed by atoms with Gasteiger partial charge in [-0.05, 0) is 6.92 Å². The van der Waals surface area contributed by atoms with Gasteiger partial charge in [0.05, 0.1) is 6.61 Å². The molecular weight excluding hydrogens is 231 g/mol. The molecule has 0 aliphatic heterocycles. The number of aliphatic hydroxyl groups excluding tert-OH is 4. The van der Waals surface area contributed by atoms with Gasteiger partial charge in [0.25, 0.3) is 0 Å². The summed E-state index contributed by atoms with van der Waals surface area (Å²) < 4.78 is 10.5. The average molecular weight is 246 g/mol. The molecule has 0 heterocycles. The number of rotatable bonds is 5. The van der Waals surface area contributed by atoms with Gasteiger partial charge in [-0.1, -0.05) is 0 Å². The zero-order chi connectivity index (χ0) is 12.4. The SMILES string of the molecule is CC(O)(CO)C(O)C(O)C(O)P(=O)(O)O. The first kappa shape index (κ1) is 14.9. The second kappa shape index (κ2) is 4.86. The van der Waals surface area contributed by atoms with E-state index in [4.69, 9.17) is 25.1 Å². The van der Waals surface area contributed by atoms with Crippen molar-refractivity contribution in [2.24, 2.45) is 0 Å². The average Bonchev–Trinajstić information content (AvgIpc) is 2.12. The number of aliphatic hydroxyl groups is 5. The molecule has 8 nitrogen and oxygen atoms in total. The van der Waals surface area contributed by atoms with E-state index in [1.165, 1.54) is 0 Å². The minimum absolute atomic E-state index is 0.938. The van der Waals surface area contributed by atoms with Crippen LogP contribution in [0.2, 0.25) is 0 Å². The predicted molar refractivity (Wildman–Crippen MR) is 47.8 cm³/mol. The molecule has 15 heavy (non-hydrogen) atoms. The van der Waals surface area contributed by atoms with Gasteiger partial charge in [-0.25, -0.2) is 0 Å². The first-order chi connectivity index (χ1) is 6.54. The van der Waals surface area contributed by atoms with Crippen LogP contribution in [0.25, 0.3) is 0 Å². The Morgan fingerprint density at radius 3 is 1.93 bits per heavy atom. The van der Waals surface area contributed by atoms with Crippen molar-refractivity contribution in [3.8, 4) is 0 Å². The van der Waals surface area contributed by atoms with E-state index in [0.29, 0.717) is 0 Å². The molecule has 0 aliphatic rings. The van der Waals surface area contributed by atoms with E-state index in [0.717, 1.165) is 6.92 Å². The summed E-state index contributed by atoms with van der Waals surface area (Å²) in [4.78, 5) is 17.0. The molecular formula is C6H15O8P. The molecule has 4 atom stereocenters. The highest BCUT2D eigenvalue weighted by Crippen LogP contribution is 2.42. The molecule has 0 aromatic heterocycles. The molecule has 7 N–H and O–H groups in total. The number of hydrogen-bond donors (Lipinski definition) is 7. The zero-order valence-corrected chi connectivity index (χ0v) is 8.82. The zero-order valence-electron chi connectivity index (χ0n) is 7.93. The van der Waals surface area contributed by atoms with Gasteiger partial charge in [0.2, 0.25) is 0 Å². The normalized spacial score (nSPS) is 22.9. The lowest BCUT2D eigenvalue weighted by atomic mass is 9.96. The molecule has 0 amide bonds. The van der Waals surface area contributed by atoms with Gasteiger partial charge in [0, 0.05) is 0 Å². The fraction of sp³-hybridized carbons (Fsp3) is 1.00. The highest BCUT2D eigenvalue weighted by Gasteiger charge is 2.44. The Morgan fingerprint density at radius 1 is 1.27 bits per heavy atom. The summed E-state index contributed by atoms with van der Waals surface area (Å²) in [7, 11) is -4.99. The van der Waals surface area contributed by atoms with Crippen LogP contribution in [-0.2, 0) is 4.57 Å². The van der Waals surface area contributed by atoms with E-state index in [9.17, 15) is 14.8 Å². The molecule has 0 aliphatic carbocycles. The standard InChI is InChI=1S/C6H15O8P/c1-6(11,2-7)4(9)3(8)5(10)15(12,13)14/h3-5,7-11H,2H2,1H3,(H2,12,13,14). The molecule has 0 spiro atoms. The summed E-state index contributed by atoms with van der Waals surface area (Å²) in [6.07, 6.45) is -4.36. The Balaban J connectivity index is 4.73. The van der Waals surface area contributed by atoms with Crippen molar-refractivity contribution in [2.75, 3.05) is 6.61 Å². The first-order valence-corrected chi connectivity index (χ1v) is 5.65. The highest BCUT2D eigenvalue weighted by molar-refractivity contribution is 7.52. The summed E-state index contributed by atoms with van der Waals surface area (Å²) in [5.41, 5.74) is -2.17. The van der Waals surface area contributed by atoms with Crippen LogP contribution in [0.15, 0.2) is 0 Å². The Morgan fingerprint density at radius 2 is 1.67 bits per heavy atom. The Kier molecular flexibility index (Phi) is 4.84. The summed E-state index contributed by atoms with van der Waals surface area (Å²) >= 11 is 0.